The number of nitrogens with one attached hydrogen (secondary N) is 1. The van der Waals surface area contributed by atoms with Crippen LogP contribution in [0.3, 0.4) is 0 Å². The molecule has 1 nitrogen and oxygen atoms in total. The highest BCUT2D eigenvalue weighted by Gasteiger charge is 2.06. The van der Waals surface area contributed by atoms with Crippen molar-refractivity contribution in [1.29, 1.82) is 0 Å². The largest absolute Gasteiger partial charge is 0.378 e. The van der Waals surface area contributed by atoms with Gasteiger partial charge in [-0.3, -0.25) is 0 Å². The second-order valence-electron chi connectivity index (χ2n) is 4.44. The van der Waals surface area contributed by atoms with Crippen molar-refractivity contribution in [2.45, 2.75) is 26.3 Å². The zero-order valence-electron chi connectivity index (χ0n) is 10.8. The van der Waals surface area contributed by atoms with Gasteiger partial charge in [0.05, 0.1) is 0 Å². The van der Waals surface area contributed by atoms with Gasteiger partial charge in [0.1, 0.15) is 0 Å². The Hall–Kier alpha value is -1.28. The predicted molar refractivity (Wildman–Crippen MR) is 82.0 cm³/mol. The number of hydrogen-bond donors (Lipinski definition) is 1. The normalized spacial score (nSPS) is 12.2. The van der Waals surface area contributed by atoms with E-state index in [1.54, 1.807) is 0 Å². The summed E-state index contributed by atoms with van der Waals surface area (Å²) in [5, 5.41) is 3.52. The Labute approximate surface area is 117 Å². The standard InChI is InChI=1S/C16H18BrN/c1-3-13-8-10-14(11-9-13)12(2)18-16-7-5-4-6-15(16)17/h4-12,18H,3H2,1-2H3. The van der Waals surface area contributed by atoms with Gasteiger partial charge in [-0.15, -0.1) is 0 Å². The summed E-state index contributed by atoms with van der Waals surface area (Å²) in [5.41, 5.74) is 3.82. The van der Waals surface area contributed by atoms with Crippen molar-refractivity contribution in [3.63, 3.8) is 0 Å². The monoisotopic (exact) mass is 303 g/mol. The van der Waals surface area contributed by atoms with Crippen LogP contribution in [-0.4, -0.2) is 0 Å². The van der Waals surface area contributed by atoms with Crippen LogP contribution in [0.25, 0.3) is 0 Å². The first kappa shape index (κ1) is 13.2. The Morgan fingerprint density at radius 3 is 2.33 bits per heavy atom. The molecule has 1 N–H and O–H groups in total. The number of para-hydroxylation sites is 1. The zero-order chi connectivity index (χ0) is 13.0. The third kappa shape index (κ3) is 3.14. The SMILES string of the molecule is CCc1ccc(C(C)Nc2ccccc2Br)cc1. The smallest absolute Gasteiger partial charge is 0.0489 e. The number of anilines is 1. The van der Waals surface area contributed by atoms with Crippen molar-refractivity contribution in [3.05, 3.63) is 64.1 Å². The van der Waals surface area contributed by atoms with E-state index >= 15 is 0 Å². The van der Waals surface area contributed by atoms with Crippen LogP contribution in [0.5, 0.6) is 0 Å². The fourth-order valence-corrected chi connectivity index (χ4v) is 2.34. The lowest BCUT2D eigenvalue weighted by molar-refractivity contribution is 0.881. The summed E-state index contributed by atoms with van der Waals surface area (Å²) in [6.45, 7) is 4.36. The molecule has 94 valence electrons. The van der Waals surface area contributed by atoms with E-state index in [2.05, 4.69) is 71.5 Å². The maximum Gasteiger partial charge on any atom is 0.0489 e. The van der Waals surface area contributed by atoms with Crippen LogP contribution in [0.4, 0.5) is 5.69 Å². The van der Waals surface area contributed by atoms with Crippen molar-refractivity contribution in [2.24, 2.45) is 0 Å². The third-order valence-electron chi connectivity index (χ3n) is 3.13. The Bertz CT molecular complexity index is 505. The van der Waals surface area contributed by atoms with Crippen LogP contribution < -0.4 is 5.32 Å². The second-order valence-corrected chi connectivity index (χ2v) is 5.30. The first-order chi connectivity index (χ1) is 8.70. The molecule has 0 fully saturated rings. The minimum Gasteiger partial charge on any atom is -0.378 e. The fourth-order valence-electron chi connectivity index (χ4n) is 1.94. The van der Waals surface area contributed by atoms with Crippen molar-refractivity contribution in [2.75, 3.05) is 5.32 Å². The van der Waals surface area contributed by atoms with Gasteiger partial charge in [-0.05, 0) is 52.5 Å². The van der Waals surface area contributed by atoms with Crippen molar-refractivity contribution >= 4 is 21.6 Å². The molecule has 0 radical (unpaired) electrons. The van der Waals surface area contributed by atoms with Crippen LogP contribution in [-0.2, 0) is 6.42 Å². The average Bonchev–Trinajstić information content (AvgIpc) is 2.41. The molecular weight excluding hydrogens is 286 g/mol. The number of halogens is 1. The van der Waals surface area contributed by atoms with Crippen LogP contribution in [0.2, 0.25) is 0 Å². The second kappa shape index (κ2) is 6.05. The summed E-state index contributed by atoms with van der Waals surface area (Å²) < 4.78 is 1.10. The van der Waals surface area contributed by atoms with E-state index in [9.17, 15) is 0 Å². The van der Waals surface area contributed by atoms with Gasteiger partial charge in [0.15, 0.2) is 0 Å². The van der Waals surface area contributed by atoms with E-state index in [-0.39, 0.29) is 0 Å². The van der Waals surface area contributed by atoms with Gasteiger partial charge in [0.2, 0.25) is 0 Å². The fraction of sp³-hybridized carbons (Fsp3) is 0.250. The molecule has 0 spiro atoms. The van der Waals surface area contributed by atoms with E-state index in [1.165, 1.54) is 11.1 Å². The first-order valence-electron chi connectivity index (χ1n) is 6.30. The van der Waals surface area contributed by atoms with Gasteiger partial charge in [-0.2, -0.15) is 0 Å². The van der Waals surface area contributed by atoms with Crippen LogP contribution in [0.1, 0.15) is 31.0 Å². The van der Waals surface area contributed by atoms with Gasteiger partial charge in [-0.25, -0.2) is 0 Å². The van der Waals surface area contributed by atoms with E-state index in [1.807, 2.05) is 12.1 Å². The summed E-state index contributed by atoms with van der Waals surface area (Å²) in [5.74, 6) is 0. The quantitative estimate of drug-likeness (QED) is 0.820. The summed E-state index contributed by atoms with van der Waals surface area (Å²) >= 11 is 3.56. The average molecular weight is 304 g/mol. The summed E-state index contributed by atoms with van der Waals surface area (Å²) in [4.78, 5) is 0. The van der Waals surface area contributed by atoms with Crippen LogP contribution >= 0.6 is 15.9 Å². The minimum atomic E-state index is 0.301. The predicted octanol–water partition coefficient (Wildman–Crippen LogP) is 5.18. The van der Waals surface area contributed by atoms with Crippen molar-refractivity contribution in [1.82, 2.24) is 0 Å². The van der Waals surface area contributed by atoms with Gasteiger partial charge in [0, 0.05) is 16.2 Å². The molecule has 1 unspecified atom stereocenters. The lowest BCUT2D eigenvalue weighted by Gasteiger charge is -2.17. The molecule has 2 aromatic carbocycles. The molecule has 0 bridgehead atoms. The Balaban J connectivity index is 2.11. The molecule has 18 heavy (non-hydrogen) atoms. The number of hydrogen-bond acceptors (Lipinski definition) is 1. The topological polar surface area (TPSA) is 12.0 Å². The molecule has 0 saturated heterocycles. The number of rotatable bonds is 4. The van der Waals surface area contributed by atoms with Crippen molar-refractivity contribution in [3.8, 4) is 0 Å². The summed E-state index contributed by atoms with van der Waals surface area (Å²) in [7, 11) is 0. The molecule has 0 amide bonds. The molecule has 0 heterocycles. The summed E-state index contributed by atoms with van der Waals surface area (Å²) in [6, 6.07) is 17.3. The number of aryl methyl sites for hydroxylation is 1. The highest BCUT2D eigenvalue weighted by molar-refractivity contribution is 9.10. The van der Waals surface area contributed by atoms with Crippen molar-refractivity contribution < 1.29 is 0 Å². The first-order valence-corrected chi connectivity index (χ1v) is 7.10. The highest BCUT2D eigenvalue weighted by Crippen LogP contribution is 2.26. The molecule has 0 aliphatic rings. The van der Waals surface area contributed by atoms with E-state index in [0.29, 0.717) is 6.04 Å². The molecule has 0 saturated carbocycles. The molecule has 1 atom stereocenters. The lowest BCUT2D eigenvalue weighted by atomic mass is 10.0. The van der Waals surface area contributed by atoms with Crippen LogP contribution in [0, 0.1) is 0 Å². The van der Waals surface area contributed by atoms with E-state index in [0.717, 1.165) is 16.6 Å². The summed E-state index contributed by atoms with van der Waals surface area (Å²) in [6.07, 6.45) is 1.09. The molecule has 0 aliphatic carbocycles. The molecular formula is C16H18BrN. The van der Waals surface area contributed by atoms with Crippen LogP contribution in [0.15, 0.2) is 53.0 Å². The molecule has 0 aliphatic heterocycles. The maximum absolute atomic E-state index is 3.56. The number of benzene rings is 2. The molecule has 2 aromatic rings. The molecule has 2 heteroatoms. The van der Waals surface area contributed by atoms with E-state index in [4.69, 9.17) is 0 Å². The van der Waals surface area contributed by atoms with Gasteiger partial charge >= 0.3 is 0 Å². The maximum atomic E-state index is 3.56. The zero-order valence-corrected chi connectivity index (χ0v) is 12.4. The Morgan fingerprint density at radius 1 is 1.06 bits per heavy atom. The minimum absolute atomic E-state index is 0.301. The lowest BCUT2D eigenvalue weighted by Crippen LogP contribution is -2.06. The Kier molecular flexibility index (Phi) is 4.43. The molecule has 2 rings (SSSR count). The van der Waals surface area contributed by atoms with Gasteiger partial charge in [0.25, 0.3) is 0 Å². The molecule has 0 aromatic heterocycles. The third-order valence-corrected chi connectivity index (χ3v) is 3.83. The van der Waals surface area contributed by atoms with Gasteiger partial charge in [-0.1, -0.05) is 43.3 Å². The Morgan fingerprint density at radius 2 is 1.72 bits per heavy atom. The van der Waals surface area contributed by atoms with E-state index < -0.39 is 0 Å². The highest BCUT2D eigenvalue weighted by atomic mass is 79.9. The van der Waals surface area contributed by atoms with Gasteiger partial charge < -0.3 is 5.32 Å².